The molecule has 0 saturated carbocycles. The van der Waals surface area contributed by atoms with Gasteiger partial charge < -0.3 is 14.5 Å². The monoisotopic (exact) mass is 421 g/mol. The average molecular weight is 422 g/mol. The molecule has 0 aliphatic carbocycles. The van der Waals surface area contributed by atoms with E-state index in [2.05, 4.69) is 54.2 Å². The zero-order valence-electron chi connectivity index (χ0n) is 18.7. The Bertz CT molecular complexity index is 969. The number of carbonyl (C=O) groups is 1. The third-order valence-corrected chi connectivity index (χ3v) is 5.14. The minimum absolute atomic E-state index is 0.123. The largest absolute Gasteiger partial charge is 0.497 e. The van der Waals surface area contributed by atoms with Crippen LogP contribution in [-0.4, -0.2) is 29.4 Å². The first kappa shape index (κ1) is 22.6. The summed E-state index contributed by atoms with van der Waals surface area (Å²) >= 11 is 0. The number of rotatable bonds is 10. The molecular formula is C25H31N3O3. The van der Waals surface area contributed by atoms with Crippen molar-refractivity contribution in [2.75, 3.05) is 13.7 Å². The first-order valence-electron chi connectivity index (χ1n) is 10.6. The Morgan fingerprint density at radius 3 is 2.58 bits per heavy atom. The topological polar surface area (TPSA) is 67.6 Å². The Kier molecular flexibility index (Phi) is 7.84. The second-order valence-corrected chi connectivity index (χ2v) is 8.07. The highest BCUT2D eigenvalue weighted by Crippen LogP contribution is 2.25. The maximum Gasteiger partial charge on any atom is 0.273 e. The van der Waals surface area contributed by atoms with Crippen molar-refractivity contribution in [1.29, 1.82) is 0 Å². The van der Waals surface area contributed by atoms with Crippen LogP contribution in [0.15, 0.2) is 65.3 Å². The van der Waals surface area contributed by atoms with Crippen molar-refractivity contribution >= 4 is 5.91 Å². The molecule has 0 saturated heterocycles. The van der Waals surface area contributed by atoms with Crippen LogP contribution in [0.4, 0.5) is 0 Å². The highest BCUT2D eigenvalue weighted by Gasteiger charge is 2.20. The average Bonchev–Trinajstić information content (AvgIpc) is 3.26. The first-order valence-corrected chi connectivity index (χ1v) is 10.6. The predicted octanol–water partition coefficient (Wildman–Crippen LogP) is 4.83. The minimum atomic E-state index is -0.209. The van der Waals surface area contributed by atoms with E-state index >= 15 is 0 Å². The van der Waals surface area contributed by atoms with Crippen molar-refractivity contribution in [3.05, 3.63) is 83.6 Å². The van der Waals surface area contributed by atoms with Gasteiger partial charge in [-0.05, 0) is 36.1 Å². The van der Waals surface area contributed by atoms with E-state index in [1.165, 1.54) is 11.8 Å². The van der Waals surface area contributed by atoms with E-state index in [1.807, 2.05) is 36.4 Å². The van der Waals surface area contributed by atoms with Crippen LogP contribution < -0.4 is 10.1 Å². The van der Waals surface area contributed by atoms with Gasteiger partial charge in [-0.3, -0.25) is 9.69 Å². The number of hydrogen-bond acceptors (Lipinski definition) is 5. The van der Waals surface area contributed by atoms with Gasteiger partial charge >= 0.3 is 0 Å². The van der Waals surface area contributed by atoms with E-state index in [0.29, 0.717) is 37.1 Å². The fourth-order valence-electron chi connectivity index (χ4n) is 3.33. The summed E-state index contributed by atoms with van der Waals surface area (Å²) in [5, 5.41) is 2.88. The Morgan fingerprint density at radius 1 is 1.10 bits per heavy atom. The maximum atomic E-state index is 12.3. The molecule has 0 fully saturated rings. The molecule has 1 unspecified atom stereocenters. The van der Waals surface area contributed by atoms with Crippen molar-refractivity contribution in [1.82, 2.24) is 15.2 Å². The number of ether oxygens (including phenoxy) is 1. The van der Waals surface area contributed by atoms with E-state index in [4.69, 9.17) is 9.15 Å². The van der Waals surface area contributed by atoms with E-state index < -0.39 is 0 Å². The number of benzene rings is 2. The van der Waals surface area contributed by atoms with Crippen LogP contribution in [0, 0.1) is 5.92 Å². The number of hydrogen-bond donors (Lipinski definition) is 1. The lowest BCUT2D eigenvalue weighted by Crippen LogP contribution is -2.28. The molecular weight excluding hydrogens is 390 g/mol. The van der Waals surface area contributed by atoms with E-state index in [1.54, 1.807) is 7.11 Å². The third-order valence-electron chi connectivity index (χ3n) is 5.14. The van der Waals surface area contributed by atoms with Gasteiger partial charge in [0.25, 0.3) is 5.91 Å². The summed E-state index contributed by atoms with van der Waals surface area (Å²) in [6, 6.07) is 18.5. The molecule has 164 valence electrons. The van der Waals surface area contributed by atoms with Gasteiger partial charge in [0.1, 0.15) is 12.0 Å². The molecule has 6 nitrogen and oxygen atoms in total. The van der Waals surface area contributed by atoms with Crippen LogP contribution in [-0.2, 0) is 13.1 Å². The lowest BCUT2D eigenvalue weighted by atomic mass is 10.1. The molecule has 1 atom stereocenters. The molecule has 3 rings (SSSR count). The second-order valence-electron chi connectivity index (χ2n) is 8.07. The molecule has 0 aliphatic rings. The Balaban J connectivity index is 1.79. The molecule has 0 aliphatic heterocycles. The van der Waals surface area contributed by atoms with Crippen molar-refractivity contribution in [3.63, 3.8) is 0 Å². The first-order chi connectivity index (χ1) is 15.0. The molecule has 1 N–H and O–H groups in total. The predicted molar refractivity (Wildman–Crippen MR) is 121 cm³/mol. The SMILES string of the molecule is COc1cccc(CN(Cc2nc(C(=O)NCC(C)C)co2)C(C)c2ccccc2)c1. The number of nitrogens with one attached hydrogen (secondary N) is 1. The molecule has 3 aromatic rings. The van der Waals surface area contributed by atoms with E-state index in [9.17, 15) is 4.79 Å². The number of methoxy groups -OCH3 is 1. The lowest BCUT2D eigenvalue weighted by Gasteiger charge is -2.28. The van der Waals surface area contributed by atoms with Gasteiger partial charge in [0.05, 0.1) is 13.7 Å². The quantitative estimate of drug-likeness (QED) is 0.508. The van der Waals surface area contributed by atoms with Gasteiger partial charge in [0, 0.05) is 19.1 Å². The van der Waals surface area contributed by atoms with E-state index in [-0.39, 0.29) is 11.9 Å². The molecule has 1 aromatic heterocycles. The molecule has 31 heavy (non-hydrogen) atoms. The minimum Gasteiger partial charge on any atom is -0.497 e. The summed E-state index contributed by atoms with van der Waals surface area (Å²) in [6.45, 7) is 8.03. The fraction of sp³-hybridized carbons (Fsp3) is 0.360. The maximum absolute atomic E-state index is 12.3. The second kappa shape index (κ2) is 10.8. The smallest absolute Gasteiger partial charge is 0.273 e. The summed E-state index contributed by atoms with van der Waals surface area (Å²) in [6.07, 6.45) is 1.43. The van der Waals surface area contributed by atoms with Crippen molar-refractivity contribution in [2.24, 2.45) is 5.92 Å². The van der Waals surface area contributed by atoms with Crippen LogP contribution in [0.2, 0.25) is 0 Å². The van der Waals surface area contributed by atoms with Crippen LogP contribution >= 0.6 is 0 Å². The highest BCUT2D eigenvalue weighted by molar-refractivity contribution is 5.91. The van der Waals surface area contributed by atoms with Gasteiger partial charge in [-0.1, -0.05) is 56.3 Å². The summed E-state index contributed by atoms with van der Waals surface area (Å²) in [4.78, 5) is 19.0. The number of nitrogens with zero attached hydrogens (tertiary/aromatic N) is 2. The third kappa shape index (κ3) is 6.43. The van der Waals surface area contributed by atoms with Crippen LogP contribution in [0.3, 0.4) is 0 Å². The lowest BCUT2D eigenvalue weighted by molar-refractivity contribution is 0.0944. The Hall–Kier alpha value is -3.12. The van der Waals surface area contributed by atoms with Crippen LogP contribution in [0.1, 0.15) is 54.3 Å². The van der Waals surface area contributed by atoms with Gasteiger partial charge in [-0.2, -0.15) is 0 Å². The van der Waals surface area contributed by atoms with Crippen LogP contribution in [0.25, 0.3) is 0 Å². The number of carbonyl (C=O) groups excluding carboxylic acids is 1. The zero-order chi connectivity index (χ0) is 22.2. The van der Waals surface area contributed by atoms with Crippen molar-refractivity contribution in [3.8, 4) is 5.75 Å². The van der Waals surface area contributed by atoms with Gasteiger partial charge in [-0.15, -0.1) is 0 Å². The molecule has 0 radical (unpaired) electrons. The molecule has 1 heterocycles. The summed E-state index contributed by atoms with van der Waals surface area (Å²) in [5.74, 6) is 1.50. The fourth-order valence-corrected chi connectivity index (χ4v) is 3.33. The Labute approximate surface area is 184 Å². The zero-order valence-corrected chi connectivity index (χ0v) is 18.7. The van der Waals surface area contributed by atoms with Crippen LogP contribution in [0.5, 0.6) is 5.75 Å². The number of oxazole rings is 1. The summed E-state index contributed by atoms with van der Waals surface area (Å²) in [5.41, 5.74) is 2.64. The summed E-state index contributed by atoms with van der Waals surface area (Å²) in [7, 11) is 1.67. The molecule has 2 aromatic carbocycles. The number of aromatic nitrogens is 1. The molecule has 1 amide bonds. The van der Waals surface area contributed by atoms with Crippen molar-refractivity contribution < 1.29 is 13.9 Å². The van der Waals surface area contributed by atoms with Gasteiger partial charge in [0.15, 0.2) is 5.69 Å². The standard InChI is InChI=1S/C25H31N3O3/c1-18(2)14-26-25(29)23-17-31-24(27-23)16-28(19(3)21-10-6-5-7-11-21)15-20-9-8-12-22(13-20)30-4/h5-13,17-19H,14-16H2,1-4H3,(H,26,29). The van der Waals surface area contributed by atoms with Gasteiger partial charge in [-0.25, -0.2) is 4.98 Å². The molecule has 0 bridgehead atoms. The highest BCUT2D eigenvalue weighted by atomic mass is 16.5. The van der Waals surface area contributed by atoms with E-state index in [0.717, 1.165) is 11.3 Å². The number of amides is 1. The Morgan fingerprint density at radius 2 is 1.87 bits per heavy atom. The molecule has 6 heteroatoms. The van der Waals surface area contributed by atoms with Gasteiger partial charge in [0.2, 0.25) is 5.89 Å². The van der Waals surface area contributed by atoms with Crippen molar-refractivity contribution in [2.45, 2.75) is 39.9 Å². The molecule has 0 spiro atoms. The normalized spacial score (nSPS) is 12.2. The summed E-state index contributed by atoms with van der Waals surface area (Å²) < 4.78 is 11.0.